The van der Waals surface area contributed by atoms with Crippen molar-refractivity contribution in [1.29, 1.82) is 0 Å². The number of nitrogens with zero attached hydrogens (tertiary/aromatic N) is 1. The molecule has 1 fully saturated rings. The van der Waals surface area contributed by atoms with Crippen LogP contribution in [-0.2, 0) is 0 Å². The molecule has 1 saturated carbocycles. The predicted octanol–water partition coefficient (Wildman–Crippen LogP) is 3.56. The van der Waals surface area contributed by atoms with Crippen LogP contribution in [-0.4, -0.2) is 12.2 Å². The van der Waals surface area contributed by atoms with Gasteiger partial charge < -0.3 is 9.73 Å². The molecular formula is C16H17N3O2. The van der Waals surface area contributed by atoms with E-state index in [1.165, 1.54) is 12.6 Å². The topological polar surface area (TPSA) is 66.6 Å². The van der Waals surface area contributed by atoms with E-state index in [2.05, 4.69) is 22.8 Å². The summed E-state index contributed by atoms with van der Waals surface area (Å²) in [6, 6.07) is 12.6. The first-order valence-corrected chi connectivity index (χ1v) is 6.97. The molecule has 1 heterocycles. The molecule has 0 unspecified atom stereocenters. The van der Waals surface area contributed by atoms with Crippen molar-refractivity contribution in [3.63, 3.8) is 0 Å². The molecule has 0 radical (unpaired) electrons. The van der Waals surface area contributed by atoms with Gasteiger partial charge in [-0.25, -0.2) is 10.2 Å². The van der Waals surface area contributed by atoms with E-state index < -0.39 is 0 Å². The summed E-state index contributed by atoms with van der Waals surface area (Å²) in [6.45, 7) is 2.20. The Morgan fingerprint density at radius 2 is 2.05 bits per heavy atom. The zero-order chi connectivity index (χ0) is 14.7. The molecule has 2 amide bonds. The summed E-state index contributed by atoms with van der Waals surface area (Å²) in [7, 11) is 0. The molecule has 0 bridgehead atoms. The number of rotatable bonds is 4. The van der Waals surface area contributed by atoms with Gasteiger partial charge in [0.1, 0.15) is 11.5 Å². The minimum atomic E-state index is -0.389. The zero-order valence-corrected chi connectivity index (χ0v) is 11.7. The van der Waals surface area contributed by atoms with Gasteiger partial charge in [0.2, 0.25) is 0 Å². The highest BCUT2D eigenvalue weighted by molar-refractivity contribution is 5.89. The second-order valence-corrected chi connectivity index (χ2v) is 5.25. The Morgan fingerprint density at radius 3 is 2.76 bits per heavy atom. The van der Waals surface area contributed by atoms with E-state index in [0.29, 0.717) is 23.3 Å². The van der Waals surface area contributed by atoms with Crippen molar-refractivity contribution in [2.75, 3.05) is 5.32 Å². The fourth-order valence-corrected chi connectivity index (χ4v) is 2.19. The monoisotopic (exact) mass is 283 g/mol. The number of furan rings is 1. The summed E-state index contributed by atoms with van der Waals surface area (Å²) in [4.78, 5) is 11.6. The van der Waals surface area contributed by atoms with Gasteiger partial charge in [0.05, 0.1) is 6.21 Å². The van der Waals surface area contributed by atoms with Crippen LogP contribution < -0.4 is 10.7 Å². The highest BCUT2D eigenvalue weighted by Gasteiger charge is 2.36. The Kier molecular flexibility index (Phi) is 3.73. The molecule has 2 atom stereocenters. The van der Waals surface area contributed by atoms with Gasteiger partial charge in [-0.05, 0) is 36.6 Å². The quantitative estimate of drug-likeness (QED) is 0.665. The molecule has 5 heteroatoms. The van der Waals surface area contributed by atoms with Crippen molar-refractivity contribution >= 4 is 17.9 Å². The number of hydrazone groups is 1. The van der Waals surface area contributed by atoms with Crippen LogP contribution >= 0.6 is 0 Å². The molecule has 2 aromatic rings. The van der Waals surface area contributed by atoms with E-state index in [0.717, 1.165) is 5.76 Å². The Hall–Kier alpha value is -2.56. The molecule has 0 spiro atoms. The van der Waals surface area contributed by atoms with Gasteiger partial charge >= 0.3 is 6.03 Å². The van der Waals surface area contributed by atoms with E-state index in [-0.39, 0.29) is 6.03 Å². The Labute approximate surface area is 123 Å². The van der Waals surface area contributed by atoms with Gasteiger partial charge in [0, 0.05) is 11.6 Å². The molecule has 21 heavy (non-hydrogen) atoms. The first-order chi connectivity index (χ1) is 10.2. The Bertz CT molecular complexity index is 649. The zero-order valence-electron chi connectivity index (χ0n) is 11.7. The number of nitrogens with one attached hydrogen (secondary N) is 2. The van der Waals surface area contributed by atoms with Gasteiger partial charge in [-0.15, -0.1) is 0 Å². The third kappa shape index (κ3) is 3.51. The van der Waals surface area contributed by atoms with Gasteiger partial charge in [0.25, 0.3) is 0 Å². The molecule has 2 N–H and O–H groups in total. The maximum atomic E-state index is 11.6. The second-order valence-electron chi connectivity index (χ2n) is 5.25. The summed E-state index contributed by atoms with van der Waals surface area (Å²) >= 11 is 0. The molecule has 1 aliphatic carbocycles. The van der Waals surface area contributed by atoms with Crippen LogP contribution in [0.3, 0.4) is 0 Å². The minimum Gasteiger partial charge on any atom is -0.460 e. The molecule has 0 saturated heterocycles. The molecule has 5 nitrogen and oxygen atoms in total. The van der Waals surface area contributed by atoms with Crippen LogP contribution in [0.1, 0.15) is 30.8 Å². The van der Waals surface area contributed by atoms with Crippen molar-refractivity contribution < 1.29 is 9.21 Å². The van der Waals surface area contributed by atoms with Gasteiger partial charge in [-0.3, -0.25) is 0 Å². The number of benzene rings is 1. The lowest BCUT2D eigenvalue weighted by molar-refractivity contribution is 0.252. The number of carbonyl (C=O) groups excluding carboxylic acids is 1. The van der Waals surface area contributed by atoms with Crippen LogP contribution in [0.4, 0.5) is 10.5 Å². The third-order valence-corrected chi connectivity index (χ3v) is 3.51. The van der Waals surface area contributed by atoms with Crippen LogP contribution in [0.2, 0.25) is 0 Å². The van der Waals surface area contributed by atoms with Crippen LogP contribution in [0.25, 0.3) is 0 Å². The number of hydrogen-bond acceptors (Lipinski definition) is 3. The van der Waals surface area contributed by atoms with Gasteiger partial charge in [0.15, 0.2) is 0 Å². The first-order valence-electron chi connectivity index (χ1n) is 6.97. The lowest BCUT2D eigenvalue weighted by Gasteiger charge is -2.02. The number of para-hydroxylation sites is 1. The SMILES string of the molecule is C[C@@H]1C[C@@H]1c1ccc(/C=N\NC(=O)Nc2ccccc2)o1. The largest absolute Gasteiger partial charge is 0.460 e. The Balaban J connectivity index is 1.50. The fourth-order valence-electron chi connectivity index (χ4n) is 2.19. The second kappa shape index (κ2) is 5.83. The standard InChI is InChI=1S/C16H17N3O2/c1-11-9-14(11)15-8-7-13(21-15)10-17-19-16(20)18-12-5-3-2-4-6-12/h2-8,10-11,14H,9H2,1H3,(H2,18,19,20)/b17-10-/t11-,14+/m1/s1. The summed E-state index contributed by atoms with van der Waals surface area (Å²) in [6.07, 6.45) is 2.68. The average Bonchev–Trinajstić information content (AvgIpc) is 3.02. The van der Waals surface area contributed by atoms with Crippen molar-refractivity contribution in [2.45, 2.75) is 19.3 Å². The summed E-state index contributed by atoms with van der Waals surface area (Å²) in [5, 5.41) is 6.54. The highest BCUT2D eigenvalue weighted by atomic mass is 16.3. The minimum absolute atomic E-state index is 0.389. The fraction of sp³-hybridized carbons (Fsp3) is 0.250. The summed E-state index contributed by atoms with van der Waals surface area (Å²) < 4.78 is 5.66. The number of hydrogen-bond donors (Lipinski definition) is 2. The van der Waals surface area contributed by atoms with Crippen LogP contribution in [0, 0.1) is 5.92 Å². The van der Waals surface area contributed by atoms with E-state index in [1.807, 2.05) is 30.3 Å². The van der Waals surface area contributed by atoms with Crippen LogP contribution in [0.5, 0.6) is 0 Å². The maximum absolute atomic E-state index is 11.6. The van der Waals surface area contributed by atoms with Crippen LogP contribution in [0.15, 0.2) is 52.0 Å². The molecule has 1 aliphatic rings. The predicted molar refractivity (Wildman–Crippen MR) is 81.4 cm³/mol. The number of carbonyl (C=O) groups is 1. The molecule has 0 aliphatic heterocycles. The molecule has 1 aromatic carbocycles. The number of amides is 2. The van der Waals surface area contributed by atoms with Crippen molar-refractivity contribution in [3.8, 4) is 0 Å². The molecule has 1 aromatic heterocycles. The normalized spacial score (nSPS) is 20.4. The van der Waals surface area contributed by atoms with Crippen molar-refractivity contribution in [3.05, 3.63) is 54.0 Å². The molecule has 108 valence electrons. The molecule has 3 rings (SSSR count). The van der Waals surface area contributed by atoms with E-state index in [9.17, 15) is 4.79 Å². The summed E-state index contributed by atoms with van der Waals surface area (Å²) in [5.74, 6) is 2.89. The average molecular weight is 283 g/mol. The number of anilines is 1. The van der Waals surface area contributed by atoms with Gasteiger partial charge in [-0.2, -0.15) is 5.10 Å². The lowest BCUT2D eigenvalue weighted by Crippen LogP contribution is -2.24. The van der Waals surface area contributed by atoms with Crippen molar-refractivity contribution in [1.82, 2.24) is 5.43 Å². The maximum Gasteiger partial charge on any atom is 0.339 e. The van der Waals surface area contributed by atoms with Gasteiger partial charge in [-0.1, -0.05) is 25.1 Å². The lowest BCUT2D eigenvalue weighted by atomic mass is 10.3. The van der Waals surface area contributed by atoms with E-state index >= 15 is 0 Å². The number of urea groups is 1. The van der Waals surface area contributed by atoms with E-state index in [4.69, 9.17) is 4.42 Å². The first kappa shape index (κ1) is 13.4. The highest BCUT2D eigenvalue weighted by Crippen LogP contribution is 2.47. The third-order valence-electron chi connectivity index (χ3n) is 3.51. The van der Waals surface area contributed by atoms with E-state index in [1.54, 1.807) is 12.1 Å². The smallest absolute Gasteiger partial charge is 0.339 e. The summed E-state index contributed by atoms with van der Waals surface area (Å²) in [5.41, 5.74) is 3.12. The Morgan fingerprint density at radius 1 is 1.29 bits per heavy atom. The molecular weight excluding hydrogens is 266 g/mol. The van der Waals surface area contributed by atoms with Crippen molar-refractivity contribution in [2.24, 2.45) is 11.0 Å².